The summed E-state index contributed by atoms with van der Waals surface area (Å²) in [5.41, 5.74) is 1.77. The van der Waals surface area contributed by atoms with Gasteiger partial charge in [0.2, 0.25) is 0 Å². The summed E-state index contributed by atoms with van der Waals surface area (Å²) in [6, 6.07) is 1.91. The molecule has 86 valence electrons. The summed E-state index contributed by atoms with van der Waals surface area (Å²) in [4.78, 5) is 17.8. The second kappa shape index (κ2) is 4.61. The molecular weight excluding hydrogens is 204 g/mol. The molecule has 1 saturated heterocycles. The van der Waals surface area contributed by atoms with E-state index < -0.39 is 0 Å². The number of carbonyl (C=O) groups is 1. The summed E-state index contributed by atoms with van der Waals surface area (Å²) in [6.45, 7) is 3.42. The number of nitrogens with zero attached hydrogens (tertiary/aromatic N) is 2. The van der Waals surface area contributed by atoms with Crippen molar-refractivity contribution in [1.82, 2.24) is 9.88 Å². The van der Waals surface area contributed by atoms with Gasteiger partial charge in [0.1, 0.15) is 0 Å². The van der Waals surface area contributed by atoms with E-state index in [2.05, 4.69) is 11.9 Å². The lowest BCUT2D eigenvalue weighted by atomic mass is 10.1. The normalized spacial score (nSPS) is 16.0. The first-order valence-electron chi connectivity index (χ1n) is 5.50. The Morgan fingerprint density at radius 1 is 1.56 bits per heavy atom. The van der Waals surface area contributed by atoms with Crippen LogP contribution in [0.3, 0.4) is 0 Å². The summed E-state index contributed by atoms with van der Waals surface area (Å²) in [5, 5.41) is 0. The third kappa shape index (κ3) is 2.07. The van der Waals surface area contributed by atoms with Crippen molar-refractivity contribution in [3.05, 3.63) is 29.6 Å². The minimum atomic E-state index is 0.0519. The lowest BCUT2D eigenvalue weighted by molar-refractivity contribution is -0.0192. The number of aryl methyl sites for hydroxylation is 1. The van der Waals surface area contributed by atoms with Crippen LogP contribution in [0.15, 0.2) is 18.5 Å². The van der Waals surface area contributed by atoms with Gasteiger partial charge < -0.3 is 9.64 Å². The molecule has 0 radical (unpaired) electrons. The Morgan fingerprint density at radius 3 is 2.94 bits per heavy atom. The van der Waals surface area contributed by atoms with Gasteiger partial charge in [-0.2, -0.15) is 0 Å². The van der Waals surface area contributed by atoms with E-state index in [1.54, 1.807) is 24.4 Å². The van der Waals surface area contributed by atoms with Gasteiger partial charge in [0.05, 0.1) is 11.7 Å². The average molecular weight is 220 g/mol. The zero-order valence-corrected chi connectivity index (χ0v) is 9.64. The van der Waals surface area contributed by atoms with E-state index in [0.717, 1.165) is 12.0 Å². The molecule has 0 bridgehead atoms. The van der Waals surface area contributed by atoms with Gasteiger partial charge in [-0.3, -0.25) is 9.78 Å². The molecule has 0 saturated carbocycles. The number of carbonyl (C=O) groups excluding carboxylic acids is 1. The first kappa shape index (κ1) is 11.1. The molecule has 1 aliphatic rings. The predicted molar refractivity (Wildman–Crippen MR) is 60.3 cm³/mol. The van der Waals surface area contributed by atoms with Gasteiger partial charge in [-0.05, 0) is 18.1 Å². The first-order valence-corrected chi connectivity index (χ1v) is 5.50. The number of rotatable bonds is 3. The van der Waals surface area contributed by atoms with Crippen LogP contribution in [0.25, 0.3) is 0 Å². The van der Waals surface area contributed by atoms with E-state index in [1.807, 2.05) is 6.07 Å². The molecule has 0 aromatic carbocycles. The summed E-state index contributed by atoms with van der Waals surface area (Å²) in [5.74, 6) is 0.0519. The van der Waals surface area contributed by atoms with Gasteiger partial charge in [-0.1, -0.05) is 6.92 Å². The van der Waals surface area contributed by atoms with E-state index in [-0.39, 0.29) is 12.0 Å². The smallest absolute Gasteiger partial charge is 0.255 e. The maximum Gasteiger partial charge on any atom is 0.255 e. The van der Waals surface area contributed by atoms with Crippen molar-refractivity contribution in [2.45, 2.75) is 19.4 Å². The van der Waals surface area contributed by atoms with Crippen molar-refractivity contribution in [3.8, 4) is 0 Å². The second-order valence-electron chi connectivity index (χ2n) is 4.00. The second-order valence-corrected chi connectivity index (χ2v) is 4.00. The molecule has 2 heterocycles. The fraction of sp³-hybridized carbons (Fsp3) is 0.500. The van der Waals surface area contributed by atoms with Gasteiger partial charge in [-0.15, -0.1) is 0 Å². The minimum absolute atomic E-state index is 0.0519. The Bertz CT molecular complexity index is 386. The molecule has 0 spiro atoms. The summed E-state index contributed by atoms with van der Waals surface area (Å²) < 4.78 is 5.14. The third-order valence-corrected chi connectivity index (χ3v) is 2.92. The molecule has 1 fully saturated rings. The molecule has 1 aromatic rings. The molecule has 16 heavy (non-hydrogen) atoms. The van der Waals surface area contributed by atoms with Crippen molar-refractivity contribution in [2.75, 3.05) is 20.2 Å². The predicted octanol–water partition coefficient (Wildman–Crippen LogP) is 1.11. The van der Waals surface area contributed by atoms with E-state index in [4.69, 9.17) is 4.74 Å². The highest BCUT2D eigenvalue weighted by Crippen LogP contribution is 2.15. The van der Waals surface area contributed by atoms with Gasteiger partial charge in [0.25, 0.3) is 5.91 Å². The summed E-state index contributed by atoms with van der Waals surface area (Å²) in [7, 11) is 1.67. The molecule has 0 unspecified atom stereocenters. The average Bonchev–Trinajstić information content (AvgIpc) is 2.27. The van der Waals surface area contributed by atoms with Gasteiger partial charge in [0, 0.05) is 32.6 Å². The maximum atomic E-state index is 12.0. The molecule has 0 atom stereocenters. The Balaban J connectivity index is 2.04. The number of amides is 1. The van der Waals surface area contributed by atoms with Crippen LogP contribution < -0.4 is 0 Å². The van der Waals surface area contributed by atoms with E-state index >= 15 is 0 Å². The van der Waals surface area contributed by atoms with E-state index in [9.17, 15) is 4.79 Å². The number of hydrogen-bond acceptors (Lipinski definition) is 3. The van der Waals surface area contributed by atoms with Crippen LogP contribution in [0.5, 0.6) is 0 Å². The molecule has 0 aliphatic carbocycles. The molecule has 1 amide bonds. The lowest BCUT2D eigenvalue weighted by Gasteiger charge is -2.38. The molecule has 4 nitrogen and oxygen atoms in total. The zero-order chi connectivity index (χ0) is 11.5. The highest BCUT2D eigenvalue weighted by atomic mass is 16.5. The topological polar surface area (TPSA) is 42.4 Å². The van der Waals surface area contributed by atoms with Crippen LogP contribution in [-0.4, -0.2) is 42.1 Å². The number of ether oxygens (including phenoxy) is 1. The van der Waals surface area contributed by atoms with Gasteiger partial charge in [-0.25, -0.2) is 0 Å². The summed E-state index contributed by atoms with van der Waals surface area (Å²) in [6.07, 6.45) is 4.52. The van der Waals surface area contributed by atoms with Crippen molar-refractivity contribution >= 4 is 5.91 Å². The van der Waals surface area contributed by atoms with Gasteiger partial charge in [0.15, 0.2) is 0 Å². The fourth-order valence-electron chi connectivity index (χ4n) is 1.73. The Hall–Kier alpha value is -1.42. The standard InChI is InChI=1S/C12H16N2O2/c1-3-9-4-10(6-13-5-9)12(15)14-7-11(8-14)16-2/h4-6,11H,3,7-8H2,1-2H3. The number of aromatic nitrogens is 1. The molecule has 1 aromatic heterocycles. The SMILES string of the molecule is CCc1cncc(C(=O)N2CC(OC)C2)c1. The minimum Gasteiger partial charge on any atom is -0.378 e. The van der Waals surface area contributed by atoms with E-state index in [0.29, 0.717) is 18.7 Å². The van der Waals surface area contributed by atoms with Crippen molar-refractivity contribution in [1.29, 1.82) is 0 Å². The third-order valence-electron chi connectivity index (χ3n) is 2.92. The number of likely N-dealkylation sites (tertiary alicyclic amines) is 1. The lowest BCUT2D eigenvalue weighted by Crippen LogP contribution is -2.54. The van der Waals surface area contributed by atoms with Crippen molar-refractivity contribution < 1.29 is 9.53 Å². The number of pyridine rings is 1. The maximum absolute atomic E-state index is 12.0. The number of hydrogen-bond donors (Lipinski definition) is 0. The summed E-state index contributed by atoms with van der Waals surface area (Å²) >= 11 is 0. The molecular formula is C12H16N2O2. The molecule has 2 rings (SSSR count). The fourth-order valence-corrected chi connectivity index (χ4v) is 1.73. The quantitative estimate of drug-likeness (QED) is 0.766. The van der Waals surface area contributed by atoms with Crippen molar-refractivity contribution in [2.24, 2.45) is 0 Å². The van der Waals surface area contributed by atoms with Gasteiger partial charge >= 0.3 is 0 Å². The zero-order valence-electron chi connectivity index (χ0n) is 9.64. The molecule has 4 heteroatoms. The highest BCUT2D eigenvalue weighted by Gasteiger charge is 2.31. The van der Waals surface area contributed by atoms with Crippen LogP contribution in [0, 0.1) is 0 Å². The van der Waals surface area contributed by atoms with Crippen molar-refractivity contribution in [3.63, 3.8) is 0 Å². The first-order chi connectivity index (χ1) is 7.74. The Kier molecular flexibility index (Phi) is 3.19. The van der Waals surface area contributed by atoms with Crippen LogP contribution in [0.2, 0.25) is 0 Å². The van der Waals surface area contributed by atoms with Crippen LogP contribution in [-0.2, 0) is 11.2 Å². The largest absolute Gasteiger partial charge is 0.378 e. The van der Waals surface area contributed by atoms with Crippen LogP contribution in [0.4, 0.5) is 0 Å². The molecule has 0 N–H and O–H groups in total. The van der Waals surface area contributed by atoms with Crippen LogP contribution >= 0.6 is 0 Å². The van der Waals surface area contributed by atoms with Crippen LogP contribution in [0.1, 0.15) is 22.8 Å². The highest BCUT2D eigenvalue weighted by molar-refractivity contribution is 5.94. The number of methoxy groups -OCH3 is 1. The Morgan fingerprint density at radius 2 is 2.31 bits per heavy atom. The Labute approximate surface area is 95.2 Å². The monoisotopic (exact) mass is 220 g/mol. The van der Waals surface area contributed by atoms with E-state index in [1.165, 1.54) is 0 Å². The molecule has 1 aliphatic heterocycles.